The van der Waals surface area contributed by atoms with Crippen LogP contribution in [-0.4, -0.2) is 24.4 Å². The summed E-state index contributed by atoms with van der Waals surface area (Å²) in [6.07, 6.45) is 2.46. The van der Waals surface area contributed by atoms with Crippen LogP contribution in [0.2, 0.25) is 0 Å². The van der Waals surface area contributed by atoms with Gasteiger partial charge in [-0.05, 0) is 37.0 Å². The first-order valence-electron chi connectivity index (χ1n) is 5.46. The van der Waals surface area contributed by atoms with Crippen LogP contribution >= 0.6 is 0 Å². The molecule has 0 aromatic heterocycles. The normalized spacial score (nSPS) is 14.2. The Morgan fingerprint density at radius 2 is 2.31 bits per heavy atom. The average molecular weight is 214 g/mol. The largest absolute Gasteiger partial charge is 0.341 e. The molecule has 16 heavy (non-hydrogen) atoms. The van der Waals surface area contributed by atoms with Gasteiger partial charge in [0.1, 0.15) is 0 Å². The Kier molecular flexibility index (Phi) is 2.91. The second-order valence-electron chi connectivity index (χ2n) is 4.32. The quantitative estimate of drug-likeness (QED) is 0.772. The van der Waals surface area contributed by atoms with E-state index in [0.29, 0.717) is 17.0 Å². The number of amides is 1. The van der Waals surface area contributed by atoms with Crippen molar-refractivity contribution >= 4 is 5.91 Å². The standard InChI is InChI=1S/C13H14N2O/c1-15(9-10-5-6-10)13(16)12-4-2-3-11(7-12)8-14/h2-4,7,10H,5-6,9H2,1H3. The molecule has 1 aliphatic rings. The summed E-state index contributed by atoms with van der Waals surface area (Å²) in [6.45, 7) is 0.829. The molecule has 1 aromatic rings. The summed E-state index contributed by atoms with van der Waals surface area (Å²) < 4.78 is 0. The number of nitriles is 1. The van der Waals surface area contributed by atoms with Crippen LogP contribution in [0.25, 0.3) is 0 Å². The van der Waals surface area contributed by atoms with Gasteiger partial charge >= 0.3 is 0 Å². The van der Waals surface area contributed by atoms with E-state index in [-0.39, 0.29) is 5.91 Å². The van der Waals surface area contributed by atoms with Gasteiger partial charge in [0.15, 0.2) is 0 Å². The number of carbonyl (C=O) groups excluding carboxylic acids is 1. The average Bonchev–Trinajstić information content (AvgIpc) is 3.12. The maximum atomic E-state index is 12.0. The summed E-state index contributed by atoms with van der Waals surface area (Å²) in [5, 5.41) is 8.76. The summed E-state index contributed by atoms with van der Waals surface area (Å²) in [7, 11) is 1.82. The van der Waals surface area contributed by atoms with Crippen LogP contribution in [0.4, 0.5) is 0 Å². The van der Waals surface area contributed by atoms with Gasteiger partial charge in [-0.3, -0.25) is 4.79 Å². The molecule has 0 N–H and O–H groups in total. The van der Waals surface area contributed by atoms with Crippen LogP contribution in [-0.2, 0) is 0 Å². The Morgan fingerprint density at radius 3 is 2.94 bits per heavy atom. The highest BCUT2D eigenvalue weighted by molar-refractivity contribution is 5.94. The Morgan fingerprint density at radius 1 is 1.56 bits per heavy atom. The number of hydrogen-bond donors (Lipinski definition) is 0. The van der Waals surface area contributed by atoms with Crippen molar-refractivity contribution in [3.63, 3.8) is 0 Å². The molecule has 82 valence electrons. The van der Waals surface area contributed by atoms with Gasteiger partial charge < -0.3 is 4.90 Å². The van der Waals surface area contributed by atoms with E-state index < -0.39 is 0 Å². The first kappa shape index (κ1) is 10.7. The molecule has 1 aromatic carbocycles. The fourth-order valence-corrected chi connectivity index (χ4v) is 1.71. The first-order valence-corrected chi connectivity index (χ1v) is 5.46. The van der Waals surface area contributed by atoms with E-state index in [9.17, 15) is 4.79 Å². The number of nitrogens with zero attached hydrogens (tertiary/aromatic N) is 2. The smallest absolute Gasteiger partial charge is 0.253 e. The molecule has 1 saturated carbocycles. The van der Waals surface area contributed by atoms with Gasteiger partial charge in [-0.15, -0.1) is 0 Å². The molecule has 1 fully saturated rings. The topological polar surface area (TPSA) is 44.1 Å². The van der Waals surface area contributed by atoms with Crippen molar-refractivity contribution in [2.24, 2.45) is 5.92 Å². The van der Waals surface area contributed by atoms with E-state index in [1.165, 1.54) is 12.8 Å². The lowest BCUT2D eigenvalue weighted by molar-refractivity contribution is 0.0788. The minimum absolute atomic E-state index is 0.00370. The number of benzene rings is 1. The number of rotatable bonds is 3. The maximum Gasteiger partial charge on any atom is 0.253 e. The molecule has 0 unspecified atom stereocenters. The molecule has 0 spiro atoms. The van der Waals surface area contributed by atoms with Crippen LogP contribution in [0.3, 0.4) is 0 Å². The maximum absolute atomic E-state index is 12.0. The minimum Gasteiger partial charge on any atom is -0.341 e. The van der Waals surface area contributed by atoms with Crippen molar-refractivity contribution in [2.75, 3.05) is 13.6 Å². The van der Waals surface area contributed by atoms with Gasteiger partial charge in [-0.25, -0.2) is 0 Å². The monoisotopic (exact) mass is 214 g/mol. The van der Waals surface area contributed by atoms with Gasteiger partial charge in [0.2, 0.25) is 0 Å². The third-order valence-electron chi connectivity index (χ3n) is 2.81. The third-order valence-corrected chi connectivity index (χ3v) is 2.81. The van der Waals surface area contributed by atoms with Crippen molar-refractivity contribution in [3.05, 3.63) is 35.4 Å². The molecule has 0 bridgehead atoms. The minimum atomic E-state index is 0.00370. The Balaban J connectivity index is 2.09. The highest BCUT2D eigenvalue weighted by Gasteiger charge is 2.25. The van der Waals surface area contributed by atoms with E-state index in [0.717, 1.165) is 6.54 Å². The van der Waals surface area contributed by atoms with E-state index in [2.05, 4.69) is 0 Å². The summed E-state index contributed by atoms with van der Waals surface area (Å²) in [5.74, 6) is 0.692. The summed E-state index contributed by atoms with van der Waals surface area (Å²) in [6, 6.07) is 8.90. The highest BCUT2D eigenvalue weighted by atomic mass is 16.2. The van der Waals surface area contributed by atoms with Gasteiger partial charge in [0.25, 0.3) is 5.91 Å². The van der Waals surface area contributed by atoms with Gasteiger partial charge in [0, 0.05) is 19.2 Å². The van der Waals surface area contributed by atoms with Crippen molar-refractivity contribution in [1.29, 1.82) is 5.26 Å². The summed E-state index contributed by atoms with van der Waals surface area (Å²) in [4.78, 5) is 13.7. The fraction of sp³-hybridized carbons (Fsp3) is 0.385. The van der Waals surface area contributed by atoms with Crippen LogP contribution in [0.1, 0.15) is 28.8 Å². The lowest BCUT2D eigenvalue weighted by Gasteiger charge is -2.16. The zero-order valence-corrected chi connectivity index (χ0v) is 9.31. The van der Waals surface area contributed by atoms with Gasteiger partial charge in [-0.2, -0.15) is 5.26 Å². The van der Waals surface area contributed by atoms with Crippen molar-refractivity contribution in [1.82, 2.24) is 4.90 Å². The molecule has 1 amide bonds. The lowest BCUT2D eigenvalue weighted by Crippen LogP contribution is -2.28. The molecule has 1 aliphatic carbocycles. The zero-order chi connectivity index (χ0) is 11.5. The van der Waals surface area contributed by atoms with E-state index in [1.807, 2.05) is 13.1 Å². The Bertz CT molecular complexity index is 443. The number of carbonyl (C=O) groups is 1. The van der Waals surface area contributed by atoms with E-state index in [4.69, 9.17) is 5.26 Å². The molecule has 0 heterocycles. The molecule has 0 radical (unpaired) electrons. The first-order chi connectivity index (χ1) is 7.70. The predicted molar refractivity (Wildman–Crippen MR) is 60.8 cm³/mol. The SMILES string of the molecule is CN(CC1CC1)C(=O)c1cccc(C#N)c1. The van der Waals surface area contributed by atoms with E-state index in [1.54, 1.807) is 29.2 Å². The third kappa shape index (κ3) is 2.40. The Hall–Kier alpha value is -1.82. The molecule has 3 nitrogen and oxygen atoms in total. The van der Waals surface area contributed by atoms with Crippen molar-refractivity contribution < 1.29 is 4.79 Å². The van der Waals surface area contributed by atoms with E-state index >= 15 is 0 Å². The van der Waals surface area contributed by atoms with Gasteiger partial charge in [0.05, 0.1) is 11.6 Å². The summed E-state index contributed by atoms with van der Waals surface area (Å²) >= 11 is 0. The van der Waals surface area contributed by atoms with Crippen LogP contribution in [0.15, 0.2) is 24.3 Å². The number of hydrogen-bond acceptors (Lipinski definition) is 2. The lowest BCUT2D eigenvalue weighted by atomic mass is 10.1. The van der Waals surface area contributed by atoms with Gasteiger partial charge in [-0.1, -0.05) is 6.07 Å². The Labute approximate surface area is 95.3 Å². The molecule has 0 saturated heterocycles. The molecule has 0 aliphatic heterocycles. The van der Waals surface area contributed by atoms with Crippen LogP contribution in [0.5, 0.6) is 0 Å². The van der Waals surface area contributed by atoms with Crippen LogP contribution < -0.4 is 0 Å². The second kappa shape index (κ2) is 4.36. The fourth-order valence-electron chi connectivity index (χ4n) is 1.71. The predicted octanol–water partition coefficient (Wildman–Crippen LogP) is 2.04. The zero-order valence-electron chi connectivity index (χ0n) is 9.31. The molecule has 0 atom stereocenters. The van der Waals surface area contributed by atoms with Crippen molar-refractivity contribution in [2.45, 2.75) is 12.8 Å². The van der Waals surface area contributed by atoms with Crippen LogP contribution in [0, 0.1) is 17.2 Å². The second-order valence-corrected chi connectivity index (χ2v) is 4.32. The molecular formula is C13H14N2O. The molecule has 3 heteroatoms. The highest BCUT2D eigenvalue weighted by Crippen LogP contribution is 2.29. The molecule has 2 rings (SSSR count). The molecular weight excluding hydrogens is 200 g/mol. The van der Waals surface area contributed by atoms with Crippen molar-refractivity contribution in [3.8, 4) is 6.07 Å². The summed E-state index contributed by atoms with van der Waals surface area (Å²) in [5.41, 5.74) is 1.13.